The van der Waals surface area contributed by atoms with Gasteiger partial charge in [-0.3, -0.25) is 15.0 Å². The van der Waals surface area contributed by atoms with Crippen LogP contribution in [0.4, 0.5) is 0 Å². The minimum Gasteiger partial charge on any atom is -0.497 e. The van der Waals surface area contributed by atoms with E-state index in [-0.39, 0.29) is 10.2 Å². The van der Waals surface area contributed by atoms with Crippen molar-refractivity contribution in [1.82, 2.24) is 10.4 Å². The number of nitrogens with one attached hydrogen (secondary N) is 1. The number of carbonyl (C=O) groups is 2. The monoisotopic (exact) mass is 400 g/mol. The summed E-state index contributed by atoms with van der Waals surface area (Å²) in [5.74, 6) is 0.275. The average molecular weight is 400 g/mol. The summed E-state index contributed by atoms with van der Waals surface area (Å²) in [6.07, 6.45) is 1.72. The van der Waals surface area contributed by atoms with Gasteiger partial charge in [-0.15, -0.1) is 0 Å². The van der Waals surface area contributed by atoms with E-state index in [0.29, 0.717) is 16.2 Å². The Morgan fingerprint density at radius 1 is 1.11 bits per heavy atom. The molecule has 1 fully saturated rings. The zero-order valence-electron chi connectivity index (χ0n) is 14.6. The number of benzene rings is 2. The van der Waals surface area contributed by atoms with E-state index < -0.39 is 5.91 Å². The zero-order chi connectivity index (χ0) is 19.4. The van der Waals surface area contributed by atoms with E-state index in [0.717, 1.165) is 28.1 Å². The third kappa shape index (κ3) is 4.12. The number of thioether (sulfide) groups is 1. The van der Waals surface area contributed by atoms with Gasteiger partial charge in [0.05, 0.1) is 24.7 Å². The van der Waals surface area contributed by atoms with Crippen molar-refractivity contribution < 1.29 is 19.1 Å². The number of para-hydroxylation sites is 1. The highest BCUT2D eigenvalue weighted by Crippen LogP contribution is 2.32. The molecule has 0 unspecified atom stereocenters. The Kier molecular flexibility index (Phi) is 5.78. The quantitative estimate of drug-likeness (QED) is 0.614. The zero-order valence-corrected chi connectivity index (χ0v) is 16.2. The van der Waals surface area contributed by atoms with Crippen molar-refractivity contribution in [2.24, 2.45) is 0 Å². The number of rotatable bonds is 5. The number of thiocarbonyl (C=S) groups is 1. The molecule has 1 N–H and O–H groups in total. The highest BCUT2D eigenvalue weighted by molar-refractivity contribution is 8.26. The molecule has 0 radical (unpaired) electrons. The molecule has 0 aliphatic carbocycles. The van der Waals surface area contributed by atoms with E-state index in [1.54, 1.807) is 49.6 Å². The van der Waals surface area contributed by atoms with Crippen LogP contribution in [0, 0.1) is 0 Å². The molecule has 8 heteroatoms. The molecule has 138 valence electrons. The third-order valence-corrected chi connectivity index (χ3v) is 5.07. The molecule has 1 aliphatic heterocycles. The number of methoxy groups -OCH3 is 2. The van der Waals surface area contributed by atoms with Crippen LogP contribution in [-0.2, 0) is 4.79 Å². The first kappa shape index (κ1) is 18.9. The molecule has 0 spiro atoms. The van der Waals surface area contributed by atoms with Crippen LogP contribution in [-0.4, -0.2) is 35.4 Å². The van der Waals surface area contributed by atoms with E-state index in [2.05, 4.69) is 5.43 Å². The Hall–Kier alpha value is -2.84. The second-order valence-corrected chi connectivity index (χ2v) is 7.11. The van der Waals surface area contributed by atoms with Gasteiger partial charge in [-0.25, -0.2) is 0 Å². The SMILES string of the molecule is COc1ccc(C=C2SC(=S)N(NC(=O)c3ccccc3OC)C2=O)cc1. The van der Waals surface area contributed by atoms with Gasteiger partial charge in [0, 0.05) is 0 Å². The van der Waals surface area contributed by atoms with Crippen LogP contribution in [0.2, 0.25) is 0 Å². The van der Waals surface area contributed by atoms with Crippen LogP contribution in [0.5, 0.6) is 11.5 Å². The van der Waals surface area contributed by atoms with Crippen LogP contribution in [0.25, 0.3) is 6.08 Å². The highest BCUT2D eigenvalue weighted by Gasteiger charge is 2.34. The van der Waals surface area contributed by atoms with Gasteiger partial charge >= 0.3 is 0 Å². The number of amides is 2. The maximum absolute atomic E-state index is 12.6. The van der Waals surface area contributed by atoms with Crippen molar-refractivity contribution >= 4 is 46.2 Å². The smallest absolute Gasteiger partial charge is 0.285 e. The topological polar surface area (TPSA) is 67.9 Å². The second-order valence-electron chi connectivity index (χ2n) is 5.43. The number of hydrazine groups is 1. The van der Waals surface area contributed by atoms with Crippen molar-refractivity contribution in [3.63, 3.8) is 0 Å². The molecular weight excluding hydrogens is 384 g/mol. The predicted molar refractivity (Wildman–Crippen MR) is 108 cm³/mol. The van der Waals surface area contributed by atoms with E-state index in [4.69, 9.17) is 21.7 Å². The number of carbonyl (C=O) groups excluding carboxylic acids is 2. The third-order valence-electron chi connectivity index (χ3n) is 3.77. The van der Waals surface area contributed by atoms with Crippen LogP contribution >= 0.6 is 24.0 Å². The van der Waals surface area contributed by atoms with Crippen molar-refractivity contribution in [2.75, 3.05) is 14.2 Å². The van der Waals surface area contributed by atoms with Crippen LogP contribution in [0.15, 0.2) is 53.4 Å². The predicted octanol–water partition coefficient (Wildman–Crippen LogP) is 3.25. The molecule has 0 bridgehead atoms. The summed E-state index contributed by atoms with van der Waals surface area (Å²) in [5.41, 5.74) is 3.68. The van der Waals surface area contributed by atoms with Crippen LogP contribution in [0.3, 0.4) is 0 Å². The lowest BCUT2D eigenvalue weighted by atomic mass is 10.2. The van der Waals surface area contributed by atoms with Gasteiger partial charge in [-0.05, 0) is 48.1 Å². The number of hydrogen-bond acceptors (Lipinski definition) is 6. The van der Waals surface area contributed by atoms with Crippen LogP contribution in [0.1, 0.15) is 15.9 Å². The molecule has 27 heavy (non-hydrogen) atoms. The molecule has 1 saturated heterocycles. The van der Waals surface area contributed by atoms with Gasteiger partial charge in [0.15, 0.2) is 4.32 Å². The van der Waals surface area contributed by atoms with Gasteiger partial charge in [0.25, 0.3) is 11.8 Å². The summed E-state index contributed by atoms with van der Waals surface area (Å²) >= 11 is 6.37. The van der Waals surface area contributed by atoms with Gasteiger partial charge < -0.3 is 9.47 Å². The van der Waals surface area contributed by atoms with Gasteiger partial charge in [0.1, 0.15) is 11.5 Å². The Morgan fingerprint density at radius 3 is 2.48 bits per heavy atom. The summed E-state index contributed by atoms with van der Waals surface area (Å²) in [5, 5.41) is 1.07. The summed E-state index contributed by atoms with van der Waals surface area (Å²) in [6, 6.07) is 14.0. The maximum atomic E-state index is 12.6. The lowest BCUT2D eigenvalue weighted by Crippen LogP contribution is -2.44. The molecule has 6 nitrogen and oxygen atoms in total. The molecule has 0 saturated carbocycles. The Labute approximate surface area is 166 Å². The summed E-state index contributed by atoms with van der Waals surface area (Å²) in [4.78, 5) is 25.6. The van der Waals surface area contributed by atoms with E-state index in [1.165, 1.54) is 7.11 Å². The summed E-state index contributed by atoms with van der Waals surface area (Å²) in [6.45, 7) is 0. The highest BCUT2D eigenvalue weighted by atomic mass is 32.2. The van der Waals surface area contributed by atoms with E-state index in [1.807, 2.05) is 12.1 Å². The van der Waals surface area contributed by atoms with E-state index in [9.17, 15) is 9.59 Å². The number of ether oxygens (including phenoxy) is 2. The van der Waals surface area contributed by atoms with Crippen molar-refractivity contribution in [3.8, 4) is 11.5 Å². The normalized spacial score (nSPS) is 15.2. The molecule has 2 amide bonds. The Bertz CT molecular complexity index is 926. The Balaban J connectivity index is 1.77. The fraction of sp³-hybridized carbons (Fsp3) is 0.105. The fourth-order valence-corrected chi connectivity index (χ4v) is 3.59. The largest absolute Gasteiger partial charge is 0.497 e. The van der Waals surface area contributed by atoms with E-state index >= 15 is 0 Å². The molecule has 3 rings (SSSR count). The van der Waals surface area contributed by atoms with Crippen molar-refractivity contribution in [2.45, 2.75) is 0 Å². The van der Waals surface area contributed by atoms with Crippen molar-refractivity contribution in [1.29, 1.82) is 0 Å². The molecule has 2 aromatic carbocycles. The molecule has 0 atom stereocenters. The minimum absolute atomic E-state index is 0.253. The summed E-state index contributed by atoms with van der Waals surface area (Å²) < 4.78 is 10.6. The maximum Gasteiger partial charge on any atom is 0.285 e. The summed E-state index contributed by atoms with van der Waals surface area (Å²) in [7, 11) is 3.06. The first-order chi connectivity index (χ1) is 13.0. The van der Waals surface area contributed by atoms with Crippen molar-refractivity contribution in [3.05, 3.63) is 64.6 Å². The minimum atomic E-state index is -0.477. The van der Waals surface area contributed by atoms with Crippen LogP contribution < -0.4 is 14.9 Å². The molecule has 1 aliphatic rings. The molecule has 0 aromatic heterocycles. The number of nitrogens with zero attached hydrogens (tertiary/aromatic N) is 1. The second kappa shape index (κ2) is 8.24. The molecule has 2 aromatic rings. The lowest BCUT2D eigenvalue weighted by molar-refractivity contribution is -0.123. The van der Waals surface area contributed by atoms with Gasteiger partial charge in [-0.1, -0.05) is 36.0 Å². The first-order valence-electron chi connectivity index (χ1n) is 7.89. The van der Waals surface area contributed by atoms with Gasteiger partial charge in [0.2, 0.25) is 0 Å². The Morgan fingerprint density at radius 2 is 1.81 bits per heavy atom. The number of hydrogen-bond donors (Lipinski definition) is 1. The molecule has 1 heterocycles. The molecular formula is C19H16N2O4S2. The fourth-order valence-electron chi connectivity index (χ4n) is 2.41. The lowest BCUT2D eigenvalue weighted by Gasteiger charge is -2.16. The first-order valence-corrected chi connectivity index (χ1v) is 9.12. The average Bonchev–Trinajstić information content (AvgIpc) is 2.95. The standard InChI is InChI=1S/C19H16N2O4S2/c1-24-13-9-7-12(8-10-13)11-16-18(23)21(19(26)27-16)20-17(22)14-5-3-4-6-15(14)25-2/h3-11H,1-2H3,(H,20,22). The van der Waals surface area contributed by atoms with Gasteiger partial charge in [-0.2, -0.15) is 5.01 Å².